The van der Waals surface area contributed by atoms with Gasteiger partial charge in [-0.1, -0.05) is 0 Å². The Morgan fingerprint density at radius 1 is 1.40 bits per heavy atom. The number of nitrogens with zero attached hydrogens (tertiary/aromatic N) is 1. The Hall–Kier alpha value is -0.280. The Morgan fingerprint density at radius 3 is 2.67 bits per heavy atom. The van der Waals surface area contributed by atoms with Gasteiger partial charge >= 0.3 is 0 Å². The molecule has 3 nitrogen and oxygen atoms in total. The molecule has 4 heteroatoms. The van der Waals surface area contributed by atoms with Crippen LogP contribution in [-0.4, -0.2) is 43.0 Å². The fraction of sp³-hybridized carbons (Fsp3) is 0.909. The Balaban J connectivity index is 2.24. The number of hydrogen-bond donors (Lipinski definition) is 0. The van der Waals surface area contributed by atoms with Crippen molar-refractivity contribution >= 4 is 17.5 Å². The fourth-order valence-electron chi connectivity index (χ4n) is 1.82. The molecule has 0 saturated carbocycles. The van der Waals surface area contributed by atoms with Crippen molar-refractivity contribution in [2.75, 3.05) is 26.1 Å². The van der Waals surface area contributed by atoms with Crippen molar-refractivity contribution in [1.29, 1.82) is 0 Å². The molecule has 0 unspecified atom stereocenters. The number of rotatable bonds is 5. The summed E-state index contributed by atoms with van der Waals surface area (Å²) < 4.78 is 5.27. The number of ether oxygens (including phenoxy) is 1. The standard InChI is InChI=1S/C11H20ClNO2/c1-13(10-5-8-15-9-6-10)11(14)4-2-3-7-12/h10H,2-9H2,1H3. The molecule has 0 aromatic heterocycles. The zero-order chi connectivity index (χ0) is 11.1. The Morgan fingerprint density at radius 2 is 2.07 bits per heavy atom. The lowest BCUT2D eigenvalue weighted by Crippen LogP contribution is -2.40. The van der Waals surface area contributed by atoms with Gasteiger partial charge in [-0.2, -0.15) is 0 Å². The summed E-state index contributed by atoms with van der Waals surface area (Å²) in [7, 11) is 1.90. The van der Waals surface area contributed by atoms with Crippen molar-refractivity contribution in [2.45, 2.75) is 38.1 Å². The number of carbonyl (C=O) groups is 1. The Kier molecular flexibility index (Phi) is 6.03. The first kappa shape index (κ1) is 12.8. The molecule has 0 atom stereocenters. The van der Waals surface area contributed by atoms with Crippen molar-refractivity contribution < 1.29 is 9.53 Å². The van der Waals surface area contributed by atoms with Crippen molar-refractivity contribution in [3.63, 3.8) is 0 Å². The van der Waals surface area contributed by atoms with Crippen molar-refractivity contribution in [3.8, 4) is 0 Å². The minimum Gasteiger partial charge on any atom is -0.381 e. The molecule has 1 amide bonds. The third kappa shape index (κ3) is 4.39. The first-order valence-electron chi connectivity index (χ1n) is 5.65. The van der Waals surface area contributed by atoms with Crippen LogP contribution in [0.3, 0.4) is 0 Å². The van der Waals surface area contributed by atoms with Crippen molar-refractivity contribution in [1.82, 2.24) is 4.90 Å². The van der Waals surface area contributed by atoms with Crippen LogP contribution in [-0.2, 0) is 9.53 Å². The number of hydrogen-bond acceptors (Lipinski definition) is 2. The molecule has 1 fully saturated rings. The molecular weight excluding hydrogens is 214 g/mol. The maximum absolute atomic E-state index is 11.8. The summed E-state index contributed by atoms with van der Waals surface area (Å²) in [5.41, 5.74) is 0. The van der Waals surface area contributed by atoms with Gasteiger partial charge in [0.1, 0.15) is 0 Å². The maximum Gasteiger partial charge on any atom is 0.222 e. The molecular formula is C11H20ClNO2. The molecule has 0 aromatic carbocycles. The van der Waals surface area contributed by atoms with Crippen LogP contribution >= 0.6 is 11.6 Å². The van der Waals surface area contributed by atoms with Crippen LogP contribution in [0.5, 0.6) is 0 Å². The van der Waals surface area contributed by atoms with Gasteiger partial charge in [0.2, 0.25) is 5.91 Å². The minimum atomic E-state index is 0.243. The van der Waals surface area contributed by atoms with Crippen molar-refractivity contribution in [2.24, 2.45) is 0 Å². The van der Waals surface area contributed by atoms with E-state index in [-0.39, 0.29) is 5.91 Å². The molecule has 0 aliphatic carbocycles. The first-order chi connectivity index (χ1) is 7.25. The van der Waals surface area contributed by atoms with E-state index in [0.717, 1.165) is 38.9 Å². The summed E-state index contributed by atoms with van der Waals surface area (Å²) in [4.78, 5) is 13.6. The van der Waals surface area contributed by atoms with Crippen LogP contribution in [0.4, 0.5) is 0 Å². The second-order valence-corrected chi connectivity index (χ2v) is 4.37. The molecule has 1 rings (SSSR count). The van der Waals surface area contributed by atoms with Crippen LogP contribution < -0.4 is 0 Å². The highest BCUT2D eigenvalue weighted by Gasteiger charge is 2.21. The van der Waals surface area contributed by atoms with Gasteiger partial charge in [-0.25, -0.2) is 0 Å². The van der Waals surface area contributed by atoms with E-state index in [0.29, 0.717) is 18.3 Å². The summed E-state index contributed by atoms with van der Waals surface area (Å²) in [5.74, 6) is 0.890. The molecule has 1 aliphatic heterocycles. The summed E-state index contributed by atoms with van der Waals surface area (Å²) in [6.45, 7) is 1.56. The fourth-order valence-corrected chi connectivity index (χ4v) is 2.01. The molecule has 0 aromatic rings. The van der Waals surface area contributed by atoms with Crippen LogP contribution in [0, 0.1) is 0 Å². The van der Waals surface area contributed by atoms with E-state index in [1.54, 1.807) is 0 Å². The van der Waals surface area contributed by atoms with Gasteiger partial charge in [0, 0.05) is 38.6 Å². The number of carbonyl (C=O) groups excluding carboxylic acids is 1. The summed E-state index contributed by atoms with van der Waals surface area (Å²) in [5, 5.41) is 0. The first-order valence-corrected chi connectivity index (χ1v) is 6.18. The lowest BCUT2D eigenvalue weighted by Gasteiger charge is -2.31. The largest absolute Gasteiger partial charge is 0.381 e. The zero-order valence-corrected chi connectivity index (χ0v) is 10.1. The van der Waals surface area contributed by atoms with Gasteiger partial charge in [-0.3, -0.25) is 4.79 Å². The Labute approximate surface area is 96.7 Å². The highest BCUT2D eigenvalue weighted by atomic mass is 35.5. The quantitative estimate of drug-likeness (QED) is 0.537. The van der Waals surface area contributed by atoms with Gasteiger partial charge in [0.25, 0.3) is 0 Å². The zero-order valence-electron chi connectivity index (χ0n) is 9.38. The van der Waals surface area contributed by atoms with Crippen LogP contribution in [0.25, 0.3) is 0 Å². The van der Waals surface area contributed by atoms with Crippen LogP contribution in [0.1, 0.15) is 32.1 Å². The number of amides is 1. The monoisotopic (exact) mass is 233 g/mol. The maximum atomic E-state index is 11.8. The third-order valence-electron chi connectivity index (χ3n) is 2.91. The third-order valence-corrected chi connectivity index (χ3v) is 3.17. The van der Waals surface area contributed by atoms with Gasteiger partial charge in [0.15, 0.2) is 0 Å². The summed E-state index contributed by atoms with van der Waals surface area (Å²) in [6, 6.07) is 0.377. The van der Waals surface area contributed by atoms with Gasteiger partial charge in [-0.15, -0.1) is 11.6 Å². The van der Waals surface area contributed by atoms with E-state index in [2.05, 4.69) is 0 Å². The SMILES string of the molecule is CN(C(=O)CCCCCl)C1CCOCC1. The highest BCUT2D eigenvalue weighted by molar-refractivity contribution is 6.17. The van der Waals surface area contributed by atoms with Crippen molar-refractivity contribution in [3.05, 3.63) is 0 Å². The molecule has 0 spiro atoms. The van der Waals surface area contributed by atoms with Gasteiger partial charge in [-0.05, 0) is 25.7 Å². The second-order valence-electron chi connectivity index (χ2n) is 3.99. The predicted molar refractivity (Wildman–Crippen MR) is 61.2 cm³/mol. The number of halogens is 1. The van der Waals surface area contributed by atoms with E-state index in [9.17, 15) is 4.79 Å². The molecule has 1 aliphatic rings. The molecule has 0 N–H and O–H groups in total. The topological polar surface area (TPSA) is 29.5 Å². The van der Waals surface area contributed by atoms with E-state index in [4.69, 9.17) is 16.3 Å². The van der Waals surface area contributed by atoms with Crippen LogP contribution in [0.2, 0.25) is 0 Å². The van der Waals surface area contributed by atoms with E-state index >= 15 is 0 Å². The normalized spacial score (nSPS) is 17.7. The van der Waals surface area contributed by atoms with Gasteiger partial charge in [0.05, 0.1) is 0 Å². The number of alkyl halides is 1. The molecule has 0 bridgehead atoms. The molecule has 1 heterocycles. The molecule has 1 saturated heterocycles. The molecule has 88 valence electrons. The predicted octanol–water partition coefficient (Wildman–Crippen LogP) is 2.03. The highest BCUT2D eigenvalue weighted by Crippen LogP contribution is 2.14. The molecule has 15 heavy (non-hydrogen) atoms. The average molecular weight is 234 g/mol. The Bertz CT molecular complexity index is 193. The number of unbranched alkanes of at least 4 members (excludes halogenated alkanes) is 1. The van der Waals surface area contributed by atoms with E-state index < -0.39 is 0 Å². The van der Waals surface area contributed by atoms with E-state index in [1.165, 1.54) is 0 Å². The lowest BCUT2D eigenvalue weighted by molar-refractivity contribution is -0.133. The summed E-state index contributed by atoms with van der Waals surface area (Å²) >= 11 is 5.57. The average Bonchev–Trinajstić information content (AvgIpc) is 2.29. The van der Waals surface area contributed by atoms with Crippen LogP contribution in [0.15, 0.2) is 0 Å². The summed E-state index contributed by atoms with van der Waals surface area (Å²) in [6.07, 6.45) is 4.39. The minimum absolute atomic E-state index is 0.243. The second kappa shape index (κ2) is 7.07. The van der Waals surface area contributed by atoms with E-state index in [1.807, 2.05) is 11.9 Å². The molecule has 0 radical (unpaired) electrons. The lowest BCUT2D eigenvalue weighted by atomic mass is 10.1. The smallest absolute Gasteiger partial charge is 0.222 e. The van der Waals surface area contributed by atoms with Gasteiger partial charge < -0.3 is 9.64 Å².